The molecule has 4 rings (SSSR count). The van der Waals surface area contributed by atoms with E-state index in [9.17, 15) is 29.4 Å². The molecule has 1 aliphatic carbocycles. The van der Waals surface area contributed by atoms with Crippen molar-refractivity contribution in [3.8, 4) is 11.1 Å². The first-order valence-electron chi connectivity index (χ1n) is 13.2. The van der Waals surface area contributed by atoms with Crippen molar-refractivity contribution in [1.82, 2.24) is 5.32 Å². The fourth-order valence-electron chi connectivity index (χ4n) is 5.42. The summed E-state index contributed by atoms with van der Waals surface area (Å²) < 4.78 is 0. The first-order chi connectivity index (χ1) is 18.9. The summed E-state index contributed by atoms with van der Waals surface area (Å²) in [5, 5.41) is 25.0. The van der Waals surface area contributed by atoms with E-state index in [0.29, 0.717) is 29.7 Å². The normalized spacial score (nSPS) is 20.3. The number of carboxylic acid groups (broad SMARTS) is 2. The molecule has 0 spiro atoms. The van der Waals surface area contributed by atoms with Gasteiger partial charge < -0.3 is 20.8 Å². The molecule has 8 nitrogen and oxygen atoms in total. The smallest absolute Gasteiger partial charge is 0.326 e. The molecule has 2 unspecified atom stereocenters. The van der Waals surface area contributed by atoms with E-state index in [1.54, 1.807) is 57.2 Å². The Labute approximate surface area is 233 Å². The molecule has 0 radical (unpaired) electrons. The number of rotatable bonds is 9. The number of hydrogen-bond donors (Lipinski definition) is 4. The molecule has 1 aliphatic rings. The molecule has 2 amide bonds. The van der Waals surface area contributed by atoms with Crippen LogP contribution < -0.4 is 10.6 Å². The Kier molecular flexibility index (Phi) is 8.09. The lowest BCUT2D eigenvalue weighted by atomic mass is 9.65. The van der Waals surface area contributed by atoms with Crippen LogP contribution in [0.4, 0.5) is 5.69 Å². The van der Waals surface area contributed by atoms with E-state index in [4.69, 9.17) is 0 Å². The van der Waals surface area contributed by atoms with Crippen molar-refractivity contribution < 1.29 is 29.4 Å². The minimum atomic E-state index is -1.18. The summed E-state index contributed by atoms with van der Waals surface area (Å²) >= 11 is 0. The molecule has 0 heterocycles. The molecule has 4 N–H and O–H groups in total. The number of carbonyl (C=O) groups excluding carboxylic acids is 2. The Balaban J connectivity index is 1.37. The molecule has 1 saturated carbocycles. The van der Waals surface area contributed by atoms with Gasteiger partial charge in [-0.1, -0.05) is 68.4 Å². The Hall–Kier alpha value is -4.46. The van der Waals surface area contributed by atoms with E-state index in [1.807, 2.05) is 42.5 Å². The van der Waals surface area contributed by atoms with E-state index in [-0.39, 0.29) is 12.3 Å². The molecule has 0 saturated heterocycles. The number of hydrogen-bond acceptors (Lipinski definition) is 4. The Bertz CT molecular complexity index is 1400. The van der Waals surface area contributed by atoms with Gasteiger partial charge in [-0.2, -0.15) is 0 Å². The average Bonchev–Trinajstić information content (AvgIpc) is 3.19. The SMILES string of the molecule is CC1(C(=O)O)CCC(C(=O)N[C@@H](Cc2ccc(NC(=O)c3ccc(-c4ccccc4)cc3)cc2)C(=O)O)C1(C)C. The number of aliphatic carboxylic acids is 2. The van der Waals surface area contributed by atoms with Gasteiger partial charge in [-0.05, 0) is 66.1 Å². The highest BCUT2D eigenvalue weighted by Crippen LogP contribution is 2.56. The molecule has 208 valence electrons. The third-order valence-electron chi connectivity index (χ3n) is 8.54. The molecule has 3 aromatic rings. The minimum absolute atomic E-state index is 0.0413. The van der Waals surface area contributed by atoms with Gasteiger partial charge >= 0.3 is 11.9 Å². The summed E-state index contributed by atoms with van der Waals surface area (Å²) in [6, 6.07) is 22.8. The topological polar surface area (TPSA) is 133 Å². The van der Waals surface area contributed by atoms with E-state index in [0.717, 1.165) is 11.1 Å². The number of nitrogens with one attached hydrogen (secondary N) is 2. The molecule has 40 heavy (non-hydrogen) atoms. The van der Waals surface area contributed by atoms with Crippen LogP contribution in [0, 0.1) is 16.7 Å². The number of carboxylic acids is 2. The van der Waals surface area contributed by atoms with Gasteiger partial charge in [0.2, 0.25) is 5.91 Å². The van der Waals surface area contributed by atoms with Crippen LogP contribution in [0.2, 0.25) is 0 Å². The lowest BCUT2D eigenvalue weighted by molar-refractivity contribution is -0.155. The third-order valence-corrected chi connectivity index (χ3v) is 8.54. The lowest BCUT2D eigenvalue weighted by Gasteiger charge is -2.38. The summed E-state index contributed by atoms with van der Waals surface area (Å²) in [5.41, 5.74) is 1.88. The molecular formula is C32H34N2O6. The Morgan fingerprint density at radius 1 is 0.850 bits per heavy atom. The van der Waals surface area contributed by atoms with Crippen molar-refractivity contribution in [3.05, 3.63) is 90.0 Å². The quantitative estimate of drug-likeness (QED) is 0.292. The van der Waals surface area contributed by atoms with Gasteiger partial charge in [0.05, 0.1) is 5.41 Å². The second-order valence-corrected chi connectivity index (χ2v) is 11.1. The number of anilines is 1. The molecule has 0 aliphatic heterocycles. The molecule has 0 aromatic heterocycles. The van der Waals surface area contributed by atoms with Gasteiger partial charge in [-0.25, -0.2) is 4.79 Å². The van der Waals surface area contributed by atoms with Gasteiger partial charge in [0.25, 0.3) is 5.91 Å². The van der Waals surface area contributed by atoms with Crippen LogP contribution in [0.1, 0.15) is 49.5 Å². The zero-order valence-electron chi connectivity index (χ0n) is 22.8. The maximum absolute atomic E-state index is 13.1. The predicted octanol–water partition coefficient (Wildman–Crippen LogP) is 5.24. The van der Waals surface area contributed by atoms with Crippen LogP contribution in [0.3, 0.4) is 0 Å². The fraction of sp³-hybridized carbons (Fsp3) is 0.312. The van der Waals surface area contributed by atoms with Crippen LogP contribution in [0.15, 0.2) is 78.9 Å². The third kappa shape index (κ3) is 5.76. The zero-order valence-corrected chi connectivity index (χ0v) is 22.8. The molecule has 3 aromatic carbocycles. The molecular weight excluding hydrogens is 508 g/mol. The van der Waals surface area contributed by atoms with Gasteiger partial charge in [0.1, 0.15) is 6.04 Å². The van der Waals surface area contributed by atoms with Crippen molar-refractivity contribution in [2.24, 2.45) is 16.7 Å². The average molecular weight is 543 g/mol. The highest BCUT2D eigenvalue weighted by atomic mass is 16.4. The minimum Gasteiger partial charge on any atom is -0.481 e. The first kappa shape index (κ1) is 28.5. The monoisotopic (exact) mass is 542 g/mol. The maximum atomic E-state index is 13.1. The maximum Gasteiger partial charge on any atom is 0.326 e. The number of amides is 2. The molecule has 3 atom stereocenters. The standard InChI is InChI=1S/C32H34N2O6/c1-31(2)25(17-18-32(31,3)30(39)40)28(36)34-26(29(37)38)19-20-9-15-24(16-10-20)33-27(35)23-13-11-22(12-14-23)21-7-5-4-6-8-21/h4-16,25-26H,17-19H2,1-3H3,(H,33,35)(H,34,36)(H,37,38)(H,39,40)/t25?,26-,32?/m0/s1. The van der Waals surface area contributed by atoms with Gasteiger partial charge in [0, 0.05) is 23.6 Å². The largest absolute Gasteiger partial charge is 0.481 e. The van der Waals surface area contributed by atoms with Crippen molar-refractivity contribution >= 4 is 29.4 Å². The lowest BCUT2D eigenvalue weighted by Crippen LogP contribution is -2.49. The fourth-order valence-corrected chi connectivity index (χ4v) is 5.42. The van der Waals surface area contributed by atoms with Crippen molar-refractivity contribution in [2.75, 3.05) is 5.32 Å². The second kappa shape index (κ2) is 11.3. The Morgan fingerprint density at radius 3 is 2.00 bits per heavy atom. The number of benzene rings is 3. The predicted molar refractivity (Wildman–Crippen MR) is 152 cm³/mol. The first-order valence-corrected chi connectivity index (χ1v) is 13.2. The summed E-state index contributed by atoms with van der Waals surface area (Å²) in [7, 11) is 0. The van der Waals surface area contributed by atoms with E-state index in [1.165, 1.54) is 0 Å². The van der Waals surface area contributed by atoms with Crippen LogP contribution in [0.25, 0.3) is 11.1 Å². The number of carbonyl (C=O) groups is 4. The van der Waals surface area contributed by atoms with Crippen LogP contribution in [-0.4, -0.2) is 40.0 Å². The second-order valence-electron chi connectivity index (χ2n) is 11.1. The van der Waals surface area contributed by atoms with E-state index in [2.05, 4.69) is 10.6 Å². The molecule has 1 fully saturated rings. The van der Waals surface area contributed by atoms with Crippen LogP contribution in [0.5, 0.6) is 0 Å². The summed E-state index contributed by atoms with van der Waals surface area (Å²) in [4.78, 5) is 49.6. The molecule has 8 heteroatoms. The van der Waals surface area contributed by atoms with Crippen molar-refractivity contribution in [2.45, 2.75) is 46.1 Å². The highest BCUT2D eigenvalue weighted by Gasteiger charge is 2.58. The van der Waals surface area contributed by atoms with E-state index >= 15 is 0 Å². The summed E-state index contributed by atoms with van der Waals surface area (Å²) in [6.07, 6.45) is 0.756. The van der Waals surface area contributed by atoms with Gasteiger partial charge in [0.15, 0.2) is 0 Å². The van der Waals surface area contributed by atoms with E-state index < -0.39 is 40.6 Å². The van der Waals surface area contributed by atoms with Crippen molar-refractivity contribution in [1.29, 1.82) is 0 Å². The van der Waals surface area contributed by atoms with Crippen molar-refractivity contribution in [3.63, 3.8) is 0 Å². The Morgan fingerprint density at radius 2 is 1.45 bits per heavy atom. The van der Waals surface area contributed by atoms with Gasteiger partial charge in [-0.15, -0.1) is 0 Å². The van der Waals surface area contributed by atoms with Gasteiger partial charge in [-0.3, -0.25) is 14.4 Å². The summed E-state index contributed by atoms with van der Waals surface area (Å²) in [5.74, 6) is -3.48. The summed E-state index contributed by atoms with van der Waals surface area (Å²) in [6.45, 7) is 5.13. The molecule has 0 bridgehead atoms. The van der Waals surface area contributed by atoms with Crippen LogP contribution in [-0.2, 0) is 20.8 Å². The zero-order chi connectivity index (χ0) is 29.1. The van der Waals surface area contributed by atoms with Crippen LogP contribution >= 0.6 is 0 Å². The highest BCUT2D eigenvalue weighted by molar-refractivity contribution is 6.04.